The highest BCUT2D eigenvalue weighted by Gasteiger charge is 2.35. The highest BCUT2D eigenvalue weighted by Crippen LogP contribution is 2.34. The lowest BCUT2D eigenvalue weighted by Crippen LogP contribution is -2.54. The third-order valence-corrected chi connectivity index (χ3v) is 9.36. The third-order valence-electron chi connectivity index (χ3n) is 9.36. The standard InChI is InChI=1S/C34H43F3N8O3/c1-23(30-39-38-22-40(30)5)25-7-6-8-27(18-25)44-21-29-28(34(35,36)37)17-24(20-45(29)31(44)46)19-41-11-9-26(10-12-41)42-13-15-43(16-14-42)32(47)48-33(2,3)4/h6-8,17-18,20-23,26H,9-16,19H2,1-5H3/t23-/m1/s1. The van der Waals surface area contributed by atoms with Crippen molar-refractivity contribution in [2.24, 2.45) is 7.05 Å². The Morgan fingerprint density at radius 2 is 1.73 bits per heavy atom. The molecule has 11 nitrogen and oxygen atoms in total. The number of amides is 1. The quantitative estimate of drug-likeness (QED) is 0.289. The molecule has 48 heavy (non-hydrogen) atoms. The molecule has 14 heteroatoms. The van der Waals surface area contributed by atoms with Crippen LogP contribution in [0.25, 0.3) is 11.2 Å². The minimum absolute atomic E-state index is 0.145. The number of pyridine rings is 1. The number of alkyl halides is 3. The predicted molar refractivity (Wildman–Crippen MR) is 174 cm³/mol. The summed E-state index contributed by atoms with van der Waals surface area (Å²) < 4.78 is 52.9. The smallest absolute Gasteiger partial charge is 0.418 e. The first-order valence-corrected chi connectivity index (χ1v) is 16.4. The molecule has 0 saturated carbocycles. The molecule has 2 aliphatic rings. The van der Waals surface area contributed by atoms with E-state index in [9.17, 15) is 22.8 Å². The zero-order chi connectivity index (χ0) is 34.4. The summed E-state index contributed by atoms with van der Waals surface area (Å²) in [6, 6.07) is 8.72. The fourth-order valence-electron chi connectivity index (χ4n) is 6.82. The zero-order valence-corrected chi connectivity index (χ0v) is 28.1. The molecule has 0 unspecified atom stereocenters. The summed E-state index contributed by atoms with van der Waals surface area (Å²) >= 11 is 0. The first-order valence-electron chi connectivity index (χ1n) is 16.4. The second-order valence-electron chi connectivity index (χ2n) is 13.9. The first-order chi connectivity index (χ1) is 22.7. The zero-order valence-electron chi connectivity index (χ0n) is 28.1. The van der Waals surface area contributed by atoms with Crippen molar-refractivity contribution in [2.45, 2.75) is 70.8 Å². The van der Waals surface area contributed by atoms with Crippen LogP contribution in [0.3, 0.4) is 0 Å². The van der Waals surface area contributed by atoms with E-state index in [1.807, 2.05) is 45.4 Å². The van der Waals surface area contributed by atoms with Crippen molar-refractivity contribution in [1.82, 2.24) is 38.4 Å². The molecule has 2 aliphatic heterocycles. The van der Waals surface area contributed by atoms with E-state index in [0.717, 1.165) is 54.8 Å². The predicted octanol–water partition coefficient (Wildman–Crippen LogP) is 4.91. The van der Waals surface area contributed by atoms with Gasteiger partial charge in [0.1, 0.15) is 17.8 Å². The Morgan fingerprint density at radius 1 is 1.02 bits per heavy atom. The Balaban J connectivity index is 1.16. The number of carbonyl (C=O) groups is 1. The number of imidazole rings is 1. The van der Waals surface area contributed by atoms with Gasteiger partial charge in [0.05, 0.1) is 16.8 Å². The minimum atomic E-state index is -4.64. The van der Waals surface area contributed by atoms with Crippen molar-refractivity contribution in [3.63, 3.8) is 0 Å². The van der Waals surface area contributed by atoms with E-state index in [0.29, 0.717) is 36.9 Å². The van der Waals surface area contributed by atoms with Crippen molar-refractivity contribution in [1.29, 1.82) is 0 Å². The number of hydrogen-bond acceptors (Lipinski definition) is 7. The Kier molecular flexibility index (Phi) is 9.16. The second kappa shape index (κ2) is 13.0. The molecular weight excluding hydrogens is 625 g/mol. The van der Waals surface area contributed by atoms with Gasteiger partial charge in [-0.1, -0.05) is 19.1 Å². The van der Waals surface area contributed by atoms with E-state index in [1.165, 1.54) is 23.0 Å². The molecule has 0 spiro atoms. The number of aryl methyl sites for hydroxylation is 1. The van der Waals surface area contributed by atoms with Gasteiger partial charge in [-0.25, -0.2) is 9.59 Å². The normalized spacial score (nSPS) is 18.0. The summed E-state index contributed by atoms with van der Waals surface area (Å²) in [4.78, 5) is 32.4. The fourth-order valence-corrected chi connectivity index (χ4v) is 6.82. The highest BCUT2D eigenvalue weighted by molar-refractivity contribution is 5.68. The largest absolute Gasteiger partial charge is 0.444 e. The minimum Gasteiger partial charge on any atom is -0.444 e. The van der Waals surface area contributed by atoms with Gasteiger partial charge in [-0.15, -0.1) is 10.2 Å². The number of piperazine rings is 1. The maximum Gasteiger partial charge on any atom is 0.418 e. The number of fused-ring (bicyclic) bond motifs is 1. The topological polar surface area (TPSA) is 93.1 Å². The van der Waals surface area contributed by atoms with Crippen molar-refractivity contribution >= 4 is 11.6 Å². The molecular formula is C34H43F3N8O3. The van der Waals surface area contributed by atoms with E-state index in [1.54, 1.807) is 29.4 Å². The molecule has 0 bridgehead atoms. The van der Waals surface area contributed by atoms with Gasteiger partial charge in [-0.05, 0) is 76.0 Å². The maximum absolute atomic E-state index is 14.4. The molecule has 5 heterocycles. The Morgan fingerprint density at radius 3 is 2.35 bits per heavy atom. The van der Waals surface area contributed by atoms with Crippen molar-refractivity contribution < 1.29 is 22.7 Å². The van der Waals surface area contributed by atoms with Crippen molar-refractivity contribution in [3.8, 4) is 5.69 Å². The summed E-state index contributed by atoms with van der Waals surface area (Å²) in [5.41, 5.74) is -0.360. The highest BCUT2D eigenvalue weighted by atomic mass is 19.4. The number of piperidine rings is 1. The van der Waals surface area contributed by atoms with E-state index >= 15 is 0 Å². The molecule has 2 saturated heterocycles. The molecule has 0 aliphatic carbocycles. The summed E-state index contributed by atoms with van der Waals surface area (Å²) in [5, 5.41) is 8.12. The number of halogens is 3. The van der Waals surface area contributed by atoms with Crippen LogP contribution >= 0.6 is 0 Å². The lowest BCUT2D eigenvalue weighted by molar-refractivity contribution is -0.136. The van der Waals surface area contributed by atoms with Crippen LogP contribution in [0.4, 0.5) is 18.0 Å². The van der Waals surface area contributed by atoms with Crippen LogP contribution in [-0.4, -0.2) is 95.4 Å². The van der Waals surface area contributed by atoms with Crippen molar-refractivity contribution in [2.75, 3.05) is 39.3 Å². The lowest BCUT2D eigenvalue weighted by atomic mass is 10.00. The van der Waals surface area contributed by atoms with Crippen LogP contribution in [0.5, 0.6) is 0 Å². The van der Waals surface area contributed by atoms with E-state index in [-0.39, 0.29) is 17.5 Å². The van der Waals surface area contributed by atoms with Gasteiger partial charge in [0.15, 0.2) is 0 Å². The van der Waals surface area contributed by atoms with Crippen LogP contribution in [0.1, 0.15) is 69.0 Å². The number of aromatic nitrogens is 5. The van der Waals surface area contributed by atoms with Gasteiger partial charge in [0.25, 0.3) is 0 Å². The number of benzene rings is 1. The summed E-state index contributed by atoms with van der Waals surface area (Å²) in [6.07, 6.45) is 1.24. The Bertz CT molecular complexity index is 1820. The van der Waals surface area contributed by atoms with Crippen LogP contribution in [0.15, 0.2) is 53.8 Å². The number of nitrogens with zero attached hydrogens (tertiary/aromatic N) is 8. The second-order valence-corrected chi connectivity index (χ2v) is 13.9. The van der Waals surface area contributed by atoms with Gasteiger partial charge in [0.2, 0.25) is 0 Å². The monoisotopic (exact) mass is 668 g/mol. The van der Waals surface area contributed by atoms with Gasteiger partial charge in [-0.3, -0.25) is 18.8 Å². The van der Waals surface area contributed by atoms with Crippen LogP contribution in [0, 0.1) is 0 Å². The molecule has 1 amide bonds. The third kappa shape index (κ3) is 7.14. The number of likely N-dealkylation sites (tertiary alicyclic amines) is 1. The van der Waals surface area contributed by atoms with Gasteiger partial charge < -0.3 is 14.2 Å². The van der Waals surface area contributed by atoms with Crippen LogP contribution in [0.2, 0.25) is 0 Å². The Labute approximate surface area is 277 Å². The van der Waals surface area contributed by atoms with Crippen LogP contribution < -0.4 is 5.69 Å². The molecule has 258 valence electrons. The average molecular weight is 669 g/mol. The summed E-state index contributed by atoms with van der Waals surface area (Å²) in [6.45, 7) is 12.0. The maximum atomic E-state index is 14.4. The number of carbonyl (C=O) groups excluding carboxylic acids is 1. The molecule has 0 N–H and O–H groups in total. The molecule has 4 aromatic rings. The fraction of sp³-hybridized carbons (Fsp3) is 0.529. The SMILES string of the molecule is C[C@H](c1cccc(-n2cc3c(C(F)(F)F)cc(CN4CCC(N5CCN(C(=O)OC(C)(C)C)CC5)CC4)cn3c2=O)c1)c1nncn1C. The lowest BCUT2D eigenvalue weighted by Gasteiger charge is -2.42. The number of hydrogen-bond donors (Lipinski definition) is 0. The van der Waals surface area contributed by atoms with Gasteiger partial charge in [-0.2, -0.15) is 13.2 Å². The molecule has 6 rings (SSSR count). The summed E-state index contributed by atoms with van der Waals surface area (Å²) in [5.74, 6) is 0.587. The number of rotatable bonds is 6. The number of ether oxygens (including phenoxy) is 1. The molecule has 1 aromatic carbocycles. The van der Waals surface area contributed by atoms with Crippen molar-refractivity contribution in [3.05, 3.63) is 82.1 Å². The first kappa shape index (κ1) is 33.7. The summed E-state index contributed by atoms with van der Waals surface area (Å²) in [7, 11) is 1.84. The molecule has 2 fully saturated rings. The Hall–Kier alpha value is -4.17. The molecule has 1 atom stereocenters. The average Bonchev–Trinajstić information content (AvgIpc) is 3.62. The van der Waals surface area contributed by atoms with Gasteiger partial charge >= 0.3 is 18.0 Å². The molecule has 3 aromatic heterocycles. The van der Waals surface area contributed by atoms with E-state index in [4.69, 9.17) is 4.74 Å². The van der Waals surface area contributed by atoms with E-state index in [2.05, 4.69) is 20.0 Å². The van der Waals surface area contributed by atoms with Crippen LogP contribution in [-0.2, 0) is 24.5 Å². The molecule has 0 radical (unpaired) electrons. The van der Waals surface area contributed by atoms with Gasteiger partial charge in [0, 0.05) is 64.1 Å². The van der Waals surface area contributed by atoms with E-state index < -0.39 is 23.0 Å².